The van der Waals surface area contributed by atoms with Gasteiger partial charge in [0.15, 0.2) is 0 Å². The summed E-state index contributed by atoms with van der Waals surface area (Å²) >= 11 is 0. The van der Waals surface area contributed by atoms with E-state index in [4.69, 9.17) is 9.84 Å². The van der Waals surface area contributed by atoms with E-state index in [9.17, 15) is 14.4 Å². The van der Waals surface area contributed by atoms with Crippen LogP contribution in [-0.2, 0) is 27.4 Å². The Balaban J connectivity index is 1.71. The average Bonchev–Trinajstić information content (AvgIpc) is 2.91. The number of aliphatic carboxylic acids is 1. The van der Waals surface area contributed by atoms with Gasteiger partial charge in [0.25, 0.3) is 0 Å². The van der Waals surface area contributed by atoms with Crippen molar-refractivity contribution in [1.82, 2.24) is 14.0 Å². The van der Waals surface area contributed by atoms with Crippen molar-refractivity contribution in [3.05, 3.63) is 34.7 Å². The summed E-state index contributed by atoms with van der Waals surface area (Å²) in [6.45, 7) is 4.02. The molecule has 1 fully saturated rings. The summed E-state index contributed by atoms with van der Waals surface area (Å²) in [4.78, 5) is 37.8. The number of ether oxygens (including phenoxy) is 1. The maximum Gasteiger partial charge on any atom is 0.329 e. The summed E-state index contributed by atoms with van der Waals surface area (Å²) in [7, 11) is 0. The van der Waals surface area contributed by atoms with Crippen molar-refractivity contribution in [3.63, 3.8) is 0 Å². The van der Waals surface area contributed by atoms with Crippen molar-refractivity contribution in [3.8, 4) is 0 Å². The van der Waals surface area contributed by atoms with Gasteiger partial charge in [-0.15, -0.1) is 0 Å². The van der Waals surface area contributed by atoms with Gasteiger partial charge in [0.1, 0.15) is 0 Å². The van der Waals surface area contributed by atoms with Gasteiger partial charge >= 0.3 is 11.7 Å². The van der Waals surface area contributed by atoms with E-state index in [1.165, 1.54) is 0 Å². The van der Waals surface area contributed by atoms with Crippen molar-refractivity contribution >= 4 is 22.9 Å². The molecule has 27 heavy (non-hydrogen) atoms. The lowest BCUT2D eigenvalue weighted by atomic mass is 10.2. The number of hydrogen-bond donors (Lipinski definition) is 1. The van der Waals surface area contributed by atoms with E-state index in [1.807, 2.05) is 31.2 Å². The van der Waals surface area contributed by atoms with Crippen LogP contribution >= 0.6 is 0 Å². The molecule has 1 aromatic heterocycles. The monoisotopic (exact) mass is 375 g/mol. The first-order valence-corrected chi connectivity index (χ1v) is 9.30. The molecule has 1 aliphatic heterocycles. The molecular formula is C19H25N3O5. The lowest BCUT2D eigenvalue weighted by Gasteiger charge is -2.32. The molecule has 1 saturated heterocycles. The van der Waals surface area contributed by atoms with E-state index < -0.39 is 12.1 Å². The third kappa shape index (κ3) is 4.21. The number of nitrogens with zero attached hydrogens (tertiary/aromatic N) is 3. The molecule has 1 amide bonds. The molecule has 1 unspecified atom stereocenters. The molecule has 1 aromatic carbocycles. The van der Waals surface area contributed by atoms with E-state index in [2.05, 4.69) is 0 Å². The smallest absolute Gasteiger partial charge is 0.329 e. The molecule has 0 radical (unpaired) electrons. The molecule has 0 aliphatic carbocycles. The van der Waals surface area contributed by atoms with Gasteiger partial charge in [-0.1, -0.05) is 19.1 Å². The largest absolute Gasteiger partial charge is 0.481 e. The fourth-order valence-electron chi connectivity index (χ4n) is 3.56. The number of aryl methyl sites for hydroxylation is 2. The van der Waals surface area contributed by atoms with Crippen LogP contribution in [0.1, 0.15) is 26.2 Å². The number of amides is 1. The van der Waals surface area contributed by atoms with Crippen molar-refractivity contribution < 1.29 is 19.4 Å². The van der Waals surface area contributed by atoms with Crippen LogP contribution in [0.2, 0.25) is 0 Å². The van der Waals surface area contributed by atoms with Gasteiger partial charge in [-0.05, 0) is 18.6 Å². The minimum Gasteiger partial charge on any atom is -0.481 e. The quantitative estimate of drug-likeness (QED) is 0.787. The summed E-state index contributed by atoms with van der Waals surface area (Å²) in [5.74, 6) is -1.03. The van der Waals surface area contributed by atoms with Crippen LogP contribution in [0.3, 0.4) is 0 Å². The van der Waals surface area contributed by atoms with Crippen LogP contribution in [-0.4, -0.2) is 56.8 Å². The number of carbonyl (C=O) groups is 2. The third-order valence-corrected chi connectivity index (χ3v) is 4.82. The first-order valence-electron chi connectivity index (χ1n) is 9.30. The molecule has 0 bridgehead atoms. The molecule has 2 heterocycles. The summed E-state index contributed by atoms with van der Waals surface area (Å²) < 4.78 is 8.80. The van der Waals surface area contributed by atoms with E-state index in [-0.39, 0.29) is 31.0 Å². The number of morpholine rings is 1. The predicted molar refractivity (Wildman–Crippen MR) is 99.7 cm³/mol. The summed E-state index contributed by atoms with van der Waals surface area (Å²) in [5, 5.41) is 8.90. The second-order valence-electron chi connectivity index (χ2n) is 6.75. The van der Waals surface area contributed by atoms with Gasteiger partial charge in [-0.2, -0.15) is 0 Å². The van der Waals surface area contributed by atoms with E-state index >= 15 is 0 Å². The number of imidazole rings is 1. The van der Waals surface area contributed by atoms with Crippen LogP contribution in [0.4, 0.5) is 0 Å². The number of benzene rings is 1. The van der Waals surface area contributed by atoms with Crippen molar-refractivity contribution in [2.45, 2.75) is 45.4 Å². The van der Waals surface area contributed by atoms with Crippen molar-refractivity contribution in [1.29, 1.82) is 0 Å². The number of hydrogen-bond acceptors (Lipinski definition) is 4. The molecule has 1 aliphatic rings. The Morgan fingerprint density at radius 2 is 1.85 bits per heavy atom. The molecule has 2 aromatic rings. The summed E-state index contributed by atoms with van der Waals surface area (Å²) in [6, 6.07) is 7.60. The maximum atomic E-state index is 12.8. The van der Waals surface area contributed by atoms with Crippen LogP contribution in [0.5, 0.6) is 0 Å². The Hall–Kier alpha value is -2.61. The number of para-hydroxylation sites is 2. The van der Waals surface area contributed by atoms with Crippen LogP contribution in [0.25, 0.3) is 11.0 Å². The van der Waals surface area contributed by atoms with Gasteiger partial charge in [0, 0.05) is 32.6 Å². The van der Waals surface area contributed by atoms with Crippen LogP contribution < -0.4 is 5.69 Å². The fourth-order valence-corrected chi connectivity index (χ4v) is 3.56. The molecule has 1 atom stereocenters. The Bertz CT molecular complexity index is 885. The Morgan fingerprint density at radius 1 is 1.19 bits per heavy atom. The number of carboxylic acids is 1. The highest BCUT2D eigenvalue weighted by molar-refractivity contribution is 5.78. The Kier molecular flexibility index (Phi) is 5.95. The molecule has 0 saturated carbocycles. The van der Waals surface area contributed by atoms with E-state index in [1.54, 1.807) is 14.0 Å². The number of carbonyl (C=O) groups excluding carboxylic acids is 1. The van der Waals surface area contributed by atoms with Crippen LogP contribution in [0, 0.1) is 0 Å². The fraction of sp³-hybridized carbons (Fsp3) is 0.526. The molecule has 1 N–H and O–H groups in total. The molecular weight excluding hydrogens is 350 g/mol. The average molecular weight is 375 g/mol. The molecule has 0 spiro atoms. The van der Waals surface area contributed by atoms with Gasteiger partial charge in [0.2, 0.25) is 5.91 Å². The zero-order chi connectivity index (χ0) is 19.4. The van der Waals surface area contributed by atoms with Gasteiger partial charge in [0.05, 0.1) is 30.2 Å². The highest BCUT2D eigenvalue weighted by Crippen LogP contribution is 2.15. The van der Waals surface area contributed by atoms with E-state index in [0.29, 0.717) is 26.2 Å². The molecule has 8 heteroatoms. The normalized spacial score (nSPS) is 17.4. The third-order valence-electron chi connectivity index (χ3n) is 4.82. The maximum absolute atomic E-state index is 12.8. The first-order chi connectivity index (χ1) is 13.0. The van der Waals surface area contributed by atoms with Crippen molar-refractivity contribution in [2.24, 2.45) is 0 Å². The second kappa shape index (κ2) is 8.39. The predicted octanol–water partition coefficient (Wildman–Crippen LogP) is 1.31. The second-order valence-corrected chi connectivity index (χ2v) is 6.75. The van der Waals surface area contributed by atoms with Gasteiger partial charge in [-0.25, -0.2) is 4.79 Å². The summed E-state index contributed by atoms with van der Waals surface area (Å²) in [5.41, 5.74) is 1.61. The lowest BCUT2D eigenvalue weighted by Crippen LogP contribution is -2.46. The van der Waals surface area contributed by atoms with Gasteiger partial charge < -0.3 is 14.7 Å². The Labute approximate surface area is 156 Å². The number of carboxylic acid groups (broad SMARTS) is 1. The molecule has 146 valence electrons. The zero-order valence-corrected chi connectivity index (χ0v) is 15.5. The van der Waals surface area contributed by atoms with Crippen LogP contribution in [0.15, 0.2) is 29.1 Å². The van der Waals surface area contributed by atoms with Gasteiger partial charge in [-0.3, -0.25) is 18.7 Å². The highest BCUT2D eigenvalue weighted by atomic mass is 16.5. The first kappa shape index (κ1) is 19.2. The minimum absolute atomic E-state index is 0.0899. The number of aromatic nitrogens is 2. The summed E-state index contributed by atoms with van der Waals surface area (Å²) in [6.07, 6.45) is 0.452. The standard InChI is InChI=1S/C19H25N3O5/c1-2-8-21-15-5-3-4-6-16(15)22(19(21)26)9-7-17(23)20-10-11-27-14(13-20)12-18(24)25/h3-6,14H,2,7-13H2,1H3,(H,24,25). The SMILES string of the molecule is CCCn1c(=O)n(CCC(=O)N2CCOC(CC(=O)O)C2)c2ccccc21. The topological polar surface area (TPSA) is 93.8 Å². The van der Waals surface area contributed by atoms with Crippen molar-refractivity contribution in [2.75, 3.05) is 19.7 Å². The lowest BCUT2D eigenvalue weighted by molar-refractivity contribution is -0.147. The number of fused-ring (bicyclic) bond motifs is 1. The molecule has 8 nitrogen and oxygen atoms in total. The van der Waals surface area contributed by atoms with E-state index in [0.717, 1.165) is 17.5 Å². The minimum atomic E-state index is -0.940. The number of rotatable bonds is 7. The zero-order valence-electron chi connectivity index (χ0n) is 15.5. The molecule has 3 rings (SSSR count). The Morgan fingerprint density at radius 3 is 2.48 bits per heavy atom. The highest BCUT2D eigenvalue weighted by Gasteiger charge is 2.26.